The van der Waals surface area contributed by atoms with Gasteiger partial charge >= 0.3 is 23.6 Å². The van der Waals surface area contributed by atoms with Crippen molar-refractivity contribution in [2.45, 2.75) is 104 Å². The summed E-state index contributed by atoms with van der Waals surface area (Å²) in [6.07, 6.45) is 12.2. The second-order valence-corrected chi connectivity index (χ2v) is 15.2. The van der Waals surface area contributed by atoms with E-state index < -0.39 is 28.9 Å². The molecule has 260 valence electrons. The van der Waals surface area contributed by atoms with Gasteiger partial charge in [0.15, 0.2) is 5.52 Å². The number of hydrogen-bond acceptors (Lipinski definition) is 10. The second-order valence-electron chi connectivity index (χ2n) is 15.2. The number of nitro groups is 1. The molecule has 6 rings (SSSR count). The molecule has 0 radical (unpaired) electrons. The number of non-ortho nitro benzene ring substituents is 1. The number of carboxylic acids is 2. The lowest BCUT2D eigenvalue weighted by molar-refractivity contribution is -0.383. The summed E-state index contributed by atoms with van der Waals surface area (Å²) >= 11 is 0. The van der Waals surface area contributed by atoms with Crippen LogP contribution in [0.2, 0.25) is 0 Å². The number of allylic oxidation sites excluding steroid dienone is 2. The number of aromatic nitrogens is 2. The van der Waals surface area contributed by atoms with Crippen LogP contribution in [0.15, 0.2) is 28.9 Å². The molecule has 48 heavy (non-hydrogen) atoms. The van der Waals surface area contributed by atoms with Crippen molar-refractivity contribution in [3.63, 3.8) is 0 Å². The minimum absolute atomic E-state index is 0.0452. The average Bonchev–Trinajstić information content (AvgIpc) is 3.67. The average molecular weight is 667 g/mol. The Kier molecular flexibility index (Phi) is 9.25. The first-order chi connectivity index (χ1) is 22.8. The van der Waals surface area contributed by atoms with Gasteiger partial charge in [-0.25, -0.2) is 9.42 Å². The van der Waals surface area contributed by atoms with E-state index in [-0.39, 0.29) is 58.6 Å². The molecular weight excluding hydrogens is 620 g/mol. The van der Waals surface area contributed by atoms with Crippen molar-refractivity contribution < 1.29 is 38.9 Å². The van der Waals surface area contributed by atoms with Gasteiger partial charge in [-0.15, -0.1) is 0 Å². The smallest absolute Gasteiger partial charge is 0.328 e. The Morgan fingerprint density at radius 2 is 1.79 bits per heavy atom. The molecule has 13 nitrogen and oxygen atoms in total. The normalized spacial score (nSPS) is 33.6. The minimum atomic E-state index is -1.06. The van der Waals surface area contributed by atoms with E-state index in [4.69, 9.17) is 9.37 Å². The maximum absolute atomic E-state index is 13.6. The standard InChI is InChI=1S/C35H46N4O9/c1-19(4-12-29(40)41)23-7-8-24-22-6-5-20-18-21(14-16-34(20,2)25(22)15-17-35(23,24)3)47-33(44)27(10-13-30(42)43)36-26-9-11-28(39(45)46)32-31(26)37-48-38-32/h9,11,15,17,19-25,27,36H,4-8,10,12-14,16,18H2,1-3H3,(H,40,41)(H,42,43)/t19-,20-,21-,22+,23?,24+,25+,27+,34+,35-/m1/s1. The van der Waals surface area contributed by atoms with Crippen LogP contribution in [-0.2, 0) is 19.1 Å². The Morgan fingerprint density at radius 1 is 1.06 bits per heavy atom. The number of fused-ring (bicyclic) bond motifs is 6. The third kappa shape index (κ3) is 6.16. The van der Waals surface area contributed by atoms with Crippen LogP contribution < -0.4 is 5.32 Å². The maximum Gasteiger partial charge on any atom is 0.328 e. The van der Waals surface area contributed by atoms with Gasteiger partial charge in [-0.2, -0.15) is 0 Å². The van der Waals surface area contributed by atoms with E-state index in [1.54, 1.807) is 0 Å². The molecular formula is C35H46N4O9. The van der Waals surface area contributed by atoms with Crippen LogP contribution in [0, 0.1) is 56.5 Å². The molecule has 1 aromatic carbocycles. The molecule has 13 heteroatoms. The summed E-state index contributed by atoms with van der Waals surface area (Å²) in [6, 6.07) is 1.63. The van der Waals surface area contributed by atoms with Crippen LogP contribution in [0.1, 0.15) is 91.4 Å². The Morgan fingerprint density at radius 3 is 2.52 bits per heavy atom. The van der Waals surface area contributed by atoms with E-state index in [9.17, 15) is 34.7 Å². The Labute approximate surface area is 279 Å². The maximum atomic E-state index is 13.6. The molecule has 3 saturated carbocycles. The molecule has 0 spiro atoms. The van der Waals surface area contributed by atoms with E-state index in [1.807, 2.05) is 0 Å². The molecule has 1 aromatic heterocycles. The van der Waals surface area contributed by atoms with Gasteiger partial charge < -0.3 is 20.3 Å². The first-order valence-corrected chi connectivity index (χ1v) is 17.3. The molecule has 0 bridgehead atoms. The van der Waals surface area contributed by atoms with Crippen molar-refractivity contribution in [3.8, 4) is 0 Å². The summed E-state index contributed by atoms with van der Waals surface area (Å²) in [5.41, 5.74) is 0.140. The molecule has 2 aromatic rings. The van der Waals surface area contributed by atoms with Crippen LogP contribution in [0.4, 0.5) is 11.4 Å². The quantitative estimate of drug-likeness (QED) is 0.0949. The van der Waals surface area contributed by atoms with Crippen LogP contribution in [0.5, 0.6) is 0 Å². The highest BCUT2D eigenvalue weighted by Crippen LogP contribution is 2.66. The van der Waals surface area contributed by atoms with Crippen molar-refractivity contribution in [3.05, 3.63) is 34.4 Å². The van der Waals surface area contributed by atoms with E-state index in [2.05, 4.69) is 48.6 Å². The molecule has 1 unspecified atom stereocenters. The monoisotopic (exact) mass is 666 g/mol. The van der Waals surface area contributed by atoms with Gasteiger partial charge in [0.05, 0.1) is 10.6 Å². The molecule has 0 saturated heterocycles. The molecule has 3 fully saturated rings. The number of aliphatic carboxylic acids is 2. The molecule has 1 heterocycles. The summed E-state index contributed by atoms with van der Waals surface area (Å²) in [5, 5.41) is 40.4. The summed E-state index contributed by atoms with van der Waals surface area (Å²) in [7, 11) is 0. The lowest BCUT2D eigenvalue weighted by Gasteiger charge is -2.59. The van der Waals surface area contributed by atoms with Crippen LogP contribution in [-0.4, -0.2) is 55.5 Å². The number of ether oxygens (including phenoxy) is 1. The van der Waals surface area contributed by atoms with E-state index in [0.29, 0.717) is 48.3 Å². The van der Waals surface area contributed by atoms with Gasteiger partial charge in [-0.3, -0.25) is 19.7 Å². The number of esters is 1. The number of rotatable bonds is 12. The van der Waals surface area contributed by atoms with Crippen molar-refractivity contribution in [1.29, 1.82) is 0 Å². The van der Waals surface area contributed by atoms with Gasteiger partial charge in [-0.05, 0) is 121 Å². The fourth-order valence-electron chi connectivity index (χ4n) is 10.3. The number of benzene rings is 1. The minimum Gasteiger partial charge on any atom is -0.481 e. The predicted molar refractivity (Wildman–Crippen MR) is 174 cm³/mol. The Bertz CT molecular complexity index is 1610. The van der Waals surface area contributed by atoms with Crippen LogP contribution in [0.3, 0.4) is 0 Å². The Balaban J connectivity index is 1.13. The molecule has 0 aliphatic heterocycles. The van der Waals surface area contributed by atoms with E-state index >= 15 is 0 Å². The third-order valence-electron chi connectivity index (χ3n) is 12.8. The zero-order valence-electron chi connectivity index (χ0n) is 27.8. The molecule has 4 aliphatic rings. The van der Waals surface area contributed by atoms with Crippen LogP contribution in [0.25, 0.3) is 11.0 Å². The zero-order chi connectivity index (χ0) is 34.4. The summed E-state index contributed by atoms with van der Waals surface area (Å²) in [5.74, 6) is 0.510. The number of carboxylic acid groups (broad SMARTS) is 2. The van der Waals surface area contributed by atoms with Gasteiger partial charge in [0.1, 0.15) is 12.1 Å². The van der Waals surface area contributed by atoms with E-state index in [0.717, 1.165) is 32.1 Å². The predicted octanol–water partition coefficient (Wildman–Crippen LogP) is 6.62. The van der Waals surface area contributed by atoms with E-state index in [1.165, 1.54) is 18.6 Å². The van der Waals surface area contributed by atoms with Crippen LogP contribution >= 0.6 is 0 Å². The van der Waals surface area contributed by atoms with Crippen molar-refractivity contribution in [2.24, 2.45) is 46.3 Å². The fraction of sp³-hybridized carbons (Fsp3) is 0.686. The number of carbonyl (C=O) groups excluding carboxylic acids is 1. The zero-order valence-corrected chi connectivity index (χ0v) is 27.8. The van der Waals surface area contributed by atoms with Gasteiger partial charge in [0, 0.05) is 18.9 Å². The topological polar surface area (TPSA) is 195 Å². The largest absolute Gasteiger partial charge is 0.481 e. The summed E-state index contributed by atoms with van der Waals surface area (Å²) in [4.78, 5) is 47.1. The second kappa shape index (κ2) is 13.1. The lowest BCUT2D eigenvalue weighted by Crippen LogP contribution is -2.52. The van der Waals surface area contributed by atoms with Gasteiger partial charge in [-0.1, -0.05) is 32.9 Å². The van der Waals surface area contributed by atoms with Crippen molar-refractivity contribution in [2.75, 3.05) is 5.32 Å². The van der Waals surface area contributed by atoms with Crippen molar-refractivity contribution >= 4 is 40.3 Å². The summed E-state index contributed by atoms with van der Waals surface area (Å²) in [6.45, 7) is 7.03. The van der Waals surface area contributed by atoms with Gasteiger partial charge in [0.2, 0.25) is 5.52 Å². The third-order valence-corrected chi connectivity index (χ3v) is 12.8. The molecule has 3 N–H and O–H groups in total. The molecule has 10 atom stereocenters. The highest BCUT2D eigenvalue weighted by atomic mass is 16.6. The summed E-state index contributed by atoms with van der Waals surface area (Å²) < 4.78 is 10.8. The first kappa shape index (κ1) is 33.9. The number of hydrogen-bond donors (Lipinski definition) is 3. The number of nitrogens with zero attached hydrogens (tertiary/aromatic N) is 3. The van der Waals surface area contributed by atoms with Crippen molar-refractivity contribution in [1.82, 2.24) is 10.3 Å². The van der Waals surface area contributed by atoms with Gasteiger partial charge in [0.25, 0.3) is 0 Å². The molecule has 0 amide bonds. The number of nitro benzene ring substituents is 1. The number of carbonyl (C=O) groups is 3. The fourth-order valence-corrected chi connectivity index (χ4v) is 10.3. The highest BCUT2D eigenvalue weighted by molar-refractivity contribution is 5.95. The number of anilines is 1. The first-order valence-electron chi connectivity index (χ1n) is 17.3. The Hall–Kier alpha value is -4.03. The SMILES string of the molecule is C[C@H](CCC(=O)O)C1CC[C@H]2[C@@H]3CC[C@@H]4C[C@H](OC(=O)[C@H](CCC(=O)O)Nc5ccc([N+](=O)[O-])c6nonc56)CC[C@]4(C)[C@H]3C=C[C@]12C. The highest BCUT2D eigenvalue weighted by Gasteiger charge is 2.59. The molecule has 4 aliphatic carbocycles. The lowest BCUT2D eigenvalue weighted by atomic mass is 9.46. The number of nitrogens with one attached hydrogen (secondary N) is 1.